The van der Waals surface area contributed by atoms with Crippen LogP contribution in [0.1, 0.15) is 348 Å². The maximum absolute atomic E-state index is 13.0. The van der Waals surface area contributed by atoms with Crippen molar-refractivity contribution >= 4 is 11.9 Å². The lowest BCUT2D eigenvalue weighted by molar-refractivity contribution is -0.302. The Kier molecular flexibility index (Phi) is 58.5. The number of unbranched alkanes of at least 4 members (excludes halogenated alkanes) is 45. The lowest BCUT2D eigenvalue weighted by atomic mass is 9.99. The molecule has 1 rings (SSSR count). The predicted octanol–water partition coefficient (Wildman–Crippen LogP) is 18.2. The molecule has 488 valence electrons. The number of aliphatic hydroxyl groups excluding tert-OH is 5. The van der Waals surface area contributed by atoms with Gasteiger partial charge in [-0.15, -0.1) is 0 Å². The number of ether oxygens (including phenoxy) is 3. The summed E-state index contributed by atoms with van der Waals surface area (Å²) >= 11 is 0. The average molecular weight is 1170 g/mol. The minimum absolute atomic E-state index is 0.00412. The minimum atomic E-state index is -1.57. The van der Waals surface area contributed by atoms with E-state index in [1.54, 1.807) is 6.08 Å². The first kappa shape index (κ1) is 78.9. The van der Waals surface area contributed by atoms with Crippen LogP contribution in [0.2, 0.25) is 0 Å². The molecule has 0 radical (unpaired) electrons. The van der Waals surface area contributed by atoms with Crippen molar-refractivity contribution in [3.8, 4) is 0 Å². The van der Waals surface area contributed by atoms with Gasteiger partial charge in [0.25, 0.3) is 0 Å². The molecule has 11 heteroatoms. The van der Waals surface area contributed by atoms with Crippen molar-refractivity contribution in [2.24, 2.45) is 0 Å². The zero-order chi connectivity index (χ0) is 60.2. The molecule has 1 amide bonds. The minimum Gasteiger partial charge on any atom is -0.466 e. The maximum Gasteiger partial charge on any atom is 0.305 e. The van der Waals surface area contributed by atoms with E-state index in [4.69, 9.17) is 14.2 Å². The molecule has 1 heterocycles. The van der Waals surface area contributed by atoms with Crippen molar-refractivity contribution in [3.05, 3.63) is 36.5 Å². The van der Waals surface area contributed by atoms with Crippen LogP contribution in [0.5, 0.6) is 0 Å². The number of hydrogen-bond donors (Lipinski definition) is 6. The molecule has 1 aliphatic rings. The number of esters is 1. The summed E-state index contributed by atoms with van der Waals surface area (Å²) in [5.74, 6) is -0.179. The molecular weight excluding hydrogens is 1040 g/mol. The molecule has 0 aromatic carbocycles. The summed E-state index contributed by atoms with van der Waals surface area (Å²) in [5.41, 5.74) is 0. The Morgan fingerprint density at radius 3 is 1.16 bits per heavy atom. The quantitative estimate of drug-likeness (QED) is 0.0195. The highest BCUT2D eigenvalue weighted by molar-refractivity contribution is 5.76. The summed E-state index contributed by atoms with van der Waals surface area (Å²) in [6.45, 7) is 4.34. The standard InChI is InChI=1S/C72H135NO10/c1-3-5-7-9-11-13-14-15-16-17-31-34-37-40-44-48-52-56-60-68(77)81-61-57-53-49-45-41-38-35-32-29-27-25-23-21-19-18-20-22-24-26-28-30-33-36-39-43-47-51-55-59-67(76)73-64(65(75)58-54-50-46-42-12-10-8-6-4-2)63-82-72-71(80)70(79)69(78)66(62-74)83-72/h16-19,54,58,64-66,69-72,74-75,78-80H,3-15,20-53,55-57,59-63H2,1-2H3,(H,73,76)/b17-16-,19-18-,58-54+. The van der Waals surface area contributed by atoms with Gasteiger partial charge in [-0.1, -0.05) is 288 Å². The summed E-state index contributed by atoms with van der Waals surface area (Å²) in [4.78, 5) is 25.1. The van der Waals surface area contributed by atoms with Crippen LogP contribution in [-0.2, 0) is 23.8 Å². The number of aliphatic hydroxyl groups is 5. The Hall–Kier alpha value is -2.12. The van der Waals surface area contributed by atoms with Crippen molar-refractivity contribution in [2.45, 2.75) is 391 Å². The zero-order valence-electron chi connectivity index (χ0n) is 54.2. The zero-order valence-corrected chi connectivity index (χ0v) is 54.2. The van der Waals surface area contributed by atoms with E-state index in [-0.39, 0.29) is 18.5 Å². The van der Waals surface area contributed by atoms with Crippen LogP contribution in [0.4, 0.5) is 0 Å². The number of rotatable bonds is 63. The number of carbonyl (C=O) groups excluding carboxylic acids is 2. The second-order valence-electron chi connectivity index (χ2n) is 24.9. The van der Waals surface area contributed by atoms with E-state index in [1.807, 2.05) is 6.08 Å². The van der Waals surface area contributed by atoms with Gasteiger partial charge >= 0.3 is 5.97 Å². The molecule has 0 bridgehead atoms. The highest BCUT2D eigenvalue weighted by Gasteiger charge is 2.44. The van der Waals surface area contributed by atoms with Crippen LogP contribution >= 0.6 is 0 Å². The Bertz CT molecular complexity index is 1470. The van der Waals surface area contributed by atoms with Crippen molar-refractivity contribution in [1.29, 1.82) is 0 Å². The fraction of sp³-hybridized carbons (Fsp3) is 0.889. The van der Waals surface area contributed by atoms with E-state index in [0.29, 0.717) is 19.4 Å². The largest absolute Gasteiger partial charge is 0.466 e. The second-order valence-corrected chi connectivity index (χ2v) is 24.9. The van der Waals surface area contributed by atoms with E-state index < -0.39 is 49.5 Å². The van der Waals surface area contributed by atoms with Crippen LogP contribution in [-0.4, -0.2) is 100 Å². The topological polar surface area (TPSA) is 175 Å². The molecule has 7 unspecified atom stereocenters. The van der Waals surface area contributed by atoms with Gasteiger partial charge in [-0.05, 0) is 83.5 Å². The first-order valence-electron chi connectivity index (χ1n) is 35.8. The van der Waals surface area contributed by atoms with Crippen molar-refractivity contribution < 1.29 is 49.3 Å². The average Bonchev–Trinajstić information content (AvgIpc) is 3.57. The molecule has 1 fully saturated rings. The van der Waals surface area contributed by atoms with E-state index in [1.165, 1.54) is 263 Å². The third kappa shape index (κ3) is 50.6. The molecular formula is C72H135NO10. The first-order valence-corrected chi connectivity index (χ1v) is 35.8. The van der Waals surface area contributed by atoms with E-state index in [2.05, 4.69) is 43.5 Å². The van der Waals surface area contributed by atoms with E-state index >= 15 is 0 Å². The smallest absolute Gasteiger partial charge is 0.305 e. The molecule has 11 nitrogen and oxygen atoms in total. The molecule has 7 atom stereocenters. The van der Waals surface area contributed by atoms with Gasteiger partial charge < -0.3 is 45.1 Å². The molecule has 83 heavy (non-hydrogen) atoms. The van der Waals surface area contributed by atoms with Gasteiger partial charge in [0, 0.05) is 12.8 Å². The van der Waals surface area contributed by atoms with Crippen LogP contribution in [0.15, 0.2) is 36.5 Å². The van der Waals surface area contributed by atoms with Crippen molar-refractivity contribution in [1.82, 2.24) is 5.32 Å². The summed E-state index contributed by atoms with van der Waals surface area (Å²) in [5, 5.41) is 54.3. The Morgan fingerprint density at radius 1 is 0.434 bits per heavy atom. The molecule has 0 aromatic rings. The maximum atomic E-state index is 13.0. The second kappa shape index (κ2) is 61.5. The van der Waals surface area contributed by atoms with E-state index in [0.717, 1.165) is 57.8 Å². The lowest BCUT2D eigenvalue weighted by Gasteiger charge is -2.40. The fourth-order valence-electron chi connectivity index (χ4n) is 11.3. The summed E-state index contributed by atoms with van der Waals surface area (Å²) in [6, 6.07) is -0.809. The van der Waals surface area contributed by atoms with Gasteiger partial charge in [0.1, 0.15) is 24.4 Å². The lowest BCUT2D eigenvalue weighted by Crippen LogP contribution is -2.60. The van der Waals surface area contributed by atoms with Crippen molar-refractivity contribution in [2.75, 3.05) is 19.8 Å². The SMILES string of the molecule is CCCCCCCCC/C=C\CCCCCCCCCC(=O)OCCCCCCCCCCCCCC/C=C\CCCCCCCCCCCCCCC(=O)NC(COC1OC(CO)C(O)C(O)C1O)C(O)/C=C/CCCCCCCCC. The monoisotopic (exact) mass is 1170 g/mol. The van der Waals surface area contributed by atoms with Gasteiger partial charge in [-0.2, -0.15) is 0 Å². The third-order valence-electron chi connectivity index (χ3n) is 17.0. The first-order chi connectivity index (χ1) is 40.7. The van der Waals surface area contributed by atoms with Gasteiger partial charge in [-0.25, -0.2) is 0 Å². The summed E-state index contributed by atoms with van der Waals surface area (Å²) in [6.07, 6.45) is 68.7. The number of hydrogen-bond acceptors (Lipinski definition) is 10. The number of nitrogens with one attached hydrogen (secondary N) is 1. The summed E-state index contributed by atoms with van der Waals surface area (Å²) in [7, 11) is 0. The molecule has 0 aliphatic carbocycles. The van der Waals surface area contributed by atoms with Crippen LogP contribution in [0, 0.1) is 0 Å². The Balaban J connectivity index is 1.91. The van der Waals surface area contributed by atoms with Gasteiger partial charge in [0.05, 0.1) is 32.0 Å². The normalized spacial score (nSPS) is 18.3. The Morgan fingerprint density at radius 2 is 0.771 bits per heavy atom. The van der Waals surface area contributed by atoms with E-state index in [9.17, 15) is 35.1 Å². The van der Waals surface area contributed by atoms with Gasteiger partial charge in [0.2, 0.25) is 5.91 Å². The van der Waals surface area contributed by atoms with Crippen molar-refractivity contribution in [3.63, 3.8) is 0 Å². The molecule has 0 saturated carbocycles. The summed E-state index contributed by atoms with van der Waals surface area (Å²) < 4.78 is 16.7. The van der Waals surface area contributed by atoms with Gasteiger partial charge in [-0.3, -0.25) is 9.59 Å². The molecule has 0 spiro atoms. The molecule has 0 aromatic heterocycles. The molecule has 1 aliphatic heterocycles. The number of amides is 1. The van der Waals surface area contributed by atoms with Crippen LogP contribution in [0.3, 0.4) is 0 Å². The Labute approximate surface area is 511 Å². The fourth-order valence-corrected chi connectivity index (χ4v) is 11.3. The molecule has 6 N–H and O–H groups in total. The molecule has 1 saturated heterocycles. The van der Waals surface area contributed by atoms with Crippen LogP contribution < -0.4 is 5.32 Å². The third-order valence-corrected chi connectivity index (χ3v) is 17.0. The predicted molar refractivity (Wildman–Crippen MR) is 347 cm³/mol. The highest BCUT2D eigenvalue weighted by atomic mass is 16.7. The van der Waals surface area contributed by atoms with Crippen LogP contribution in [0.25, 0.3) is 0 Å². The van der Waals surface area contributed by atoms with Gasteiger partial charge in [0.15, 0.2) is 6.29 Å². The highest BCUT2D eigenvalue weighted by Crippen LogP contribution is 2.23. The number of carbonyl (C=O) groups is 2. The number of allylic oxidation sites excluding steroid dienone is 5.